The number of nitrogens with zero attached hydrogens (tertiary/aromatic N) is 1. The van der Waals surface area contributed by atoms with E-state index >= 15 is 0 Å². The van der Waals surface area contributed by atoms with Crippen molar-refractivity contribution >= 4 is 0 Å². The topological polar surface area (TPSA) is 24.5 Å². The van der Waals surface area contributed by atoms with E-state index in [1.165, 1.54) is 6.07 Å². The molecular weight excluding hydrogens is 238 g/mol. The third-order valence-electron chi connectivity index (χ3n) is 3.68. The Kier molecular flexibility index (Phi) is 3.28. The van der Waals surface area contributed by atoms with Gasteiger partial charge in [0.05, 0.1) is 12.7 Å². The lowest BCUT2D eigenvalue weighted by atomic mass is 10.0. The molecule has 0 unspecified atom stereocenters. The third kappa shape index (κ3) is 2.25. The molecule has 0 saturated carbocycles. The Bertz CT molecular complexity index is 441. The Labute approximate surface area is 105 Å². The molecule has 2 aliphatic heterocycles. The minimum absolute atomic E-state index is 0.158. The zero-order valence-corrected chi connectivity index (χ0v) is 10.0. The van der Waals surface area contributed by atoms with E-state index in [1.54, 1.807) is 6.07 Å². The van der Waals surface area contributed by atoms with Crippen LogP contribution < -0.4 is 5.32 Å². The average Bonchev–Trinajstić information content (AvgIpc) is 2.41. The summed E-state index contributed by atoms with van der Waals surface area (Å²) in [5.41, 5.74) is 0.714. The average molecular weight is 254 g/mol. The highest BCUT2D eigenvalue weighted by Gasteiger charge is 2.31. The van der Waals surface area contributed by atoms with Crippen LogP contribution >= 0.6 is 0 Å². The van der Waals surface area contributed by atoms with E-state index < -0.39 is 11.6 Å². The number of halogens is 2. The number of fused-ring (bicyclic) bond motifs is 1. The molecule has 0 spiro atoms. The fraction of sp³-hybridized carbons (Fsp3) is 0.538. The summed E-state index contributed by atoms with van der Waals surface area (Å²) >= 11 is 0. The van der Waals surface area contributed by atoms with Crippen LogP contribution in [0.4, 0.5) is 8.78 Å². The second kappa shape index (κ2) is 4.91. The van der Waals surface area contributed by atoms with Crippen molar-refractivity contribution in [1.82, 2.24) is 10.2 Å². The zero-order chi connectivity index (χ0) is 12.5. The van der Waals surface area contributed by atoms with Gasteiger partial charge in [0.15, 0.2) is 11.6 Å². The summed E-state index contributed by atoms with van der Waals surface area (Å²) in [5.74, 6) is -1.62. The van der Waals surface area contributed by atoms with Gasteiger partial charge < -0.3 is 10.1 Å². The monoisotopic (exact) mass is 254 g/mol. The van der Waals surface area contributed by atoms with Gasteiger partial charge in [0.2, 0.25) is 0 Å². The molecule has 98 valence electrons. The summed E-state index contributed by atoms with van der Waals surface area (Å²) < 4.78 is 31.9. The lowest BCUT2D eigenvalue weighted by Crippen LogP contribution is -2.57. The van der Waals surface area contributed by atoms with Crippen molar-refractivity contribution in [2.75, 3.05) is 32.8 Å². The van der Waals surface area contributed by atoms with Crippen molar-refractivity contribution in [3.05, 3.63) is 35.4 Å². The molecule has 1 aromatic carbocycles. The Balaban J connectivity index is 1.75. The molecule has 1 N–H and O–H groups in total. The minimum atomic E-state index is -0.811. The van der Waals surface area contributed by atoms with Gasteiger partial charge in [-0.05, 0) is 17.7 Å². The Morgan fingerprint density at radius 3 is 3.00 bits per heavy atom. The first-order valence-electron chi connectivity index (χ1n) is 6.25. The molecule has 0 aliphatic carbocycles. The Morgan fingerprint density at radius 2 is 2.17 bits per heavy atom. The predicted octanol–water partition coefficient (Wildman–Crippen LogP) is 1.31. The molecule has 3 rings (SSSR count). The first kappa shape index (κ1) is 12.0. The number of hydrogen-bond acceptors (Lipinski definition) is 3. The van der Waals surface area contributed by atoms with Crippen LogP contribution in [0.25, 0.3) is 0 Å². The van der Waals surface area contributed by atoms with E-state index in [-0.39, 0.29) is 6.10 Å². The molecule has 18 heavy (non-hydrogen) atoms. The molecule has 2 heterocycles. The number of nitrogens with one attached hydrogen (secondary N) is 1. The molecule has 0 aromatic heterocycles. The van der Waals surface area contributed by atoms with E-state index in [2.05, 4.69) is 10.2 Å². The maximum atomic E-state index is 13.2. The molecular formula is C13H16F2N2O. The van der Waals surface area contributed by atoms with Crippen LogP contribution in [0.3, 0.4) is 0 Å². The largest absolute Gasteiger partial charge is 0.371 e. The normalized spacial score (nSPS) is 29.0. The number of hydrogen-bond donors (Lipinski definition) is 1. The van der Waals surface area contributed by atoms with Crippen LogP contribution in [0.5, 0.6) is 0 Å². The first-order valence-corrected chi connectivity index (χ1v) is 6.25. The molecule has 0 radical (unpaired) electrons. The quantitative estimate of drug-likeness (QED) is 0.818. The van der Waals surface area contributed by atoms with Gasteiger partial charge in [-0.2, -0.15) is 0 Å². The van der Waals surface area contributed by atoms with Crippen LogP contribution in [0, 0.1) is 11.6 Å². The van der Waals surface area contributed by atoms with Crippen molar-refractivity contribution in [1.29, 1.82) is 0 Å². The summed E-state index contributed by atoms with van der Waals surface area (Å²) in [6.45, 7) is 4.27. The van der Waals surface area contributed by atoms with Gasteiger partial charge in [-0.1, -0.05) is 6.07 Å². The standard InChI is InChI=1S/C13H16F2N2O/c14-11-2-1-9(5-12(11)15)13-7-17-4-3-16-6-10(17)8-18-13/h1-2,5,10,13,16H,3-4,6-8H2/t10-,13-/m0/s1. The van der Waals surface area contributed by atoms with Crippen LogP contribution in [-0.2, 0) is 4.74 Å². The van der Waals surface area contributed by atoms with Crippen LogP contribution in [-0.4, -0.2) is 43.7 Å². The molecule has 3 nitrogen and oxygen atoms in total. The van der Waals surface area contributed by atoms with E-state index in [0.717, 1.165) is 32.2 Å². The number of piperazine rings is 1. The molecule has 0 amide bonds. The SMILES string of the molecule is Fc1ccc([C@@H]2CN3CCNC[C@H]3CO2)cc1F. The van der Waals surface area contributed by atoms with Gasteiger partial charge in [0.1, 0.15) is 0 Å². The lowest BCUT2D eigenvalue weighted by Gasteiger charge is -2.42. The van der Waals surface area contributed by atoms with Crippen LogP contribution in [0.1, 0.15) is 11.7 Å². The van der Waals surface area contributed by atoms with E-state index in [9.17, 15) is 8.78 Å². The highest BCUT2D eigenvalue weighted by molar-refractivity contribution is 5.21. The zero-order valence-electron chi connectivity index (χ0n) is 10.0. The Hall–Kier alpha value is -1.04. The predicted molar refractivity (Wildman–Crippen MR) is 63.3 cm³/mol. The Morgan fingerprint density at radius 1 is 1.28 bits per heavy atom. The maximum absolute atomic E-state index is 13.2. The smallest absolute Gasteiger partial charge is 0.159 e. The van der Waals surface area contributed by atoms with Gasteiger partial charge in [-0.15, -0.1) is 0 Å². The lowest BCUT2D eigenvalue weighted by molar-refractivity contribution is -0.0718. The van der Waals surface area contributed by atoms with E-state index in [0.29, 0.717) is 18.2 Å². The van der Waals surface area contributed by atoms with Crippen molar-refractivity contribution in [2.24, 2.45) is 0 Å². The molecule has 2 aliphatic rings. The molecule has 0 bridgehead atoms. The van der Waals surface area contributed by atoms with E-state index in [1.807, 2.05) is 0 Å². The number of morpholine rings is 1. The first-order chi connectivity index (χ1) is 8.74. The van der Waals surface area contributed by atoms with E-state index in [4.69, 9.17) is 4.74 Å². The van der Waals surface area contributed by atoms with Gasteiger partial charge in [-0.3, -0.25) is 4.90 Å². The summed E-state index contributed by atoms with van der Waals surface area (Å²) in [6, 6.07) is 4.41. The summed E-state index contributed by atoms with van der Waals surface area (Å²) in [7, 11) is 0. The summed E-state index contributed by atoms with van der Waals surface area (Å²) in [5, 5.41) is 3.32. The van der Waals surface area contributed by atoms with Gasteiger partial charge in [0, 0.05) is 32.2 Å². The molecule has 2 saturated heterocycles. The number of rotatable bonds is 1. The van der Waals surface area contributed by atoms with Crippen LogP contribution in [0.2, 0.25) is 0 Å². The highest BCUT2D eigenvalue weighted by Crippen LogP contribution is 2.26. The van der Waals surface area contributed by atoms with Crippen molar-refractivity contribution < 1.29 is 13.5 Å². The van der Waals surface area contributed by atoms with Crippen molar-refractivity contribution in [3.8, 4) is 0 Å². The van der Waals surface area contributed by atoms with Gasteiger partial charge >= 0.3 is 0 Å². The second-order valence-electron chi connectivity index (χ2n) is 4.85. The summed E-state index contributed by atoms with van der Waals surface area (Å²) in [4.78, 5) is 2.35. The molecule has 1 aromatic rings. The number of benzene rings is 1. The fourth-order valence-electron chi connectivity index (χ4n) is 2.61. The minimum Gasteiger partial charge on any atom is -0.371 e. The molecule has 2 atom stereocenters. The summed E-state index contributed by atoms with van der Waals surface area (Å²) in [6.07, 6.45) is -0.158. The van der Waals surface area contributed by atoms with Crippen molar-refractivity contribution in [3.63, 3.8) is 0 Å². The molecule has 5 heteroatoms. The third-order valence-corrected chi connectivity index (χ3v) is 3.68. The van der Waals surface area contributed by atoms with Crippen molar-refractivity contribution in [2.45, 2.75) is 12.1 Å². The van der Waals surface area contributed by atoms with Gasteiger partial charge in [-0.25, -0.2) is 8.78 Å². The number of ether oxygens (including phenoxy) is 1. The fourth-order valence-corrected chi connectivity index (χ4v) is 2.61. The second-order valence-corrected chi connectivity index (χ2v) is 4.85. The molecule has 2 fully saturated rings. The van der Waals surface area contributed by atoms with Crippen LogP contribution in [0.15, 0.2) is 18.2 Å². The maximum Gasteiger partial charge on any atom is 0.159 e. The highest BCUT2D eigenvalue weighted by atomic mass is 19.2. The van der Waals surface area contributed by atoms with Gasteiger partial charge in [0.25, 0.3) is 0 Å².